The Hall–Kier alpha value is -2.17. The molecule has 0 saturated carbocycles. The lowest BCUT2D eigenvalue weighted by Gasteiger charge is -2.24. The maximum atomic E-state index is 11.5. The number of hydrogen-bond acceptors (Lipinski definition) is 3. The van der Waals surface area contributed by atoms with Gasteiger partial charge in [-0.2, -0.15) is 0 Å². The van der Waals surface area contributed by atoms with E-state index in [9.17, 15) is 15.0 Å². The van der Waals surface area contributed by atoms with Crippen LogP contribution in [0.5, 0.6) is 0 Å². The quantitative estimate of drug-likeness (QED) is 0.701. The van der Waals surface area contributed by atoms with Gasteiger partial charge in [-0.05, 0) is 30.9 Å². The Labute approximate surface area is 136 Å². The van der Waals surface area contributed by atoms with Gasteiger partial charge in [0.2, 0.25) is 0 Å². The smallest absolute Gasteiger partial charge is 0.323 e. The average Bonchev–Trinajstić information content (AvgIpc) is 2.58. The average molecular weight is 313 g/mol. The van der Waals surface area contributed by atoms with E-state index in [1.54, 1.807) is 0 Å². The fourth-order valence-electron chi connectivity index (χ4n) is 2.58. The summed E-state index contributed by atoms with van der Waals surface area (Å²) in [6, 6.07) is 18.2. The number of carboxylic acids is 1. The SMILES string of the molecule is C[C@H](N[C@H](C(=O)O)[C@H](O)CCc1ccccc1)c1ccccc1. The molecule has 2 rings (SSSR count). The van der Waals surface area contributed by atoms with E-state index in [4.69, 9.17) is 0 Å². The second-order valence-electron chi connectivity index (χ2n) is 5.71. The van der Waals surface area contributed by atoms with Crippen LogP contribution in [0.3, 0.4) is 0 Å². The number of aryl methyl sites for hydroxylation is 1. The van der Waals surface area contributed by atoms with Crippen molar-refractivity contribution in [3.8, 4) is 0 Å². The first-order chi connectivity index (χ1) is 11.1. The molecule has 2 aromatic carbocycles. The number of carboxylic acid groups (broad SMARTS) is 1. The number of aliphatic hydroxyl groups excluding tert-OH is 1. The third-order valence-electron chi connectivity index (χ3n) is 3.95. The first kappa shape index (κ1) is 17.2. The zero-order valence-electron chi connectivity index (χ0n) is 13.2. The topological polar surface area (TPSA) is 69.6 Å². The zero-order chi connectivity index (χ0) is 16.7. The Morgan fingerprint density at radius 2 is 1.61 bits per heavy atom. The van der Waals surface area contributed by atoms with E-state index in [0.717, 1.165) is 11.1 Å². The van der Waals surface area contributed by atoms with E-state index in [1.807, 2.05) is 67.6 Å². The molecule has 4 nitrogen and oxygen atoms in total. The van der Waals surface area contributed by atoms with Crippen molar-refractivity contribution in [1.82, 2.24) is 5.32 Å². The lowest BCUT2D eigenvalue weighted by atomic mass is 10.00. The lowest BCUT2D eigenvalue weighted by Crippen LogP contribution is -2.47. The highest BCUT2D eigenvalue weighted by Gasteiger charge is 2.27. The van der Waals surface area contributed by atoms with Crippen molar-refractivity contribution in [1.29, 1.82) is 0 Å². The Bertz CT molecular complexity index is 601. The van der Waals surface area contributed by atoms with Crippen molar-refractivity contribution < 1.29 is 15.0 Å². The van der Waals surface area contributed by atoms with Crippen molar-refractivity contribution in [3.05, 3.63) is 71.8 Å². The molecule has 0 aliphatic heterocycles. The summed E-state index contributed by atoms with van der Waals surface area (Å²) < 4.78 is 0. The Kier molecular flexibility index (Phi) is 6.32. The van der Waals surface area contributed by atoms with E-state index in [-0.39, 0.29) is 6.04 Å². The highest BCUT2D eigenvalue weighted by molar-refractivity contribution is 5.74. The Morgan fingerprint density at radius 1 is 1.04 bits per heavy atom. The molecule has 0 aromatic heterocycles. The molecular formula is C19H23NO3. The zero-order valence-corrected chi connectivity index (χ0v) is 13.2. The van der Waals surface area contributed by atoms with Crippen molar-refractivity contribution in [2.45, 2.75) is 38.0 Å². The monoisotopic (exact) mass is 313 g/mol. The molecular weight excluding hydrogens is 290 g/mol. The molecule has 0 aliphatic rings. The second kappa shape index (κ2) is 8.46. The number of aliphatic hydroxyl groups is 1. The van der Waals surface area contributed by atoms with Gasteiger partial charge in [-0.25, -0.2) is 0 Å². The van der Waals surface area contributed by atoms with Crippen molar-refractivity contribution in [3.63, 3.8) is 0 Å². The van der Waals surface area contributed by atoms with Gasteiger partial charge in [-0.15, -0.1) is 0 Å². The van der Waals surface area contributed by atoms with Gasteiger partial charge in [0.05, 0.1) is 6.10 Å². The van der Waals surface area contributed by atoms with Crippen LogP contribution < -0.4 is 5.32 Å². The fourth-order valence-corrected chi connectivity index (χ4v) is 2.58. The van der Waals surface area contributed by atoms with Crippen molar-refractivity contribution in [2.75, 3.05) is 0 Å². The van der Waals surface area contributed by atoms with Gasteiger partial charge in [0, 0.05) is 6.04 Å². The maximum absolute atomic E-state index is 11.5. The molecule has 0 bridgehead atoms. The fraction of sp³-hybridized carbons (Fsp3) is 0.316. The summed E-state index contributed by atoms with van der Waals surface area (Å²) in [5.74, 6) is -1.03. The summed E-state index contributed by atoms with van der Waals surface area (Å²) in [5.41, 5.74) is 2.08. The first-order valence-electron chi connectivity index (χ1n) is 7.83. The van der Waals surface area contributed by atoms with Crippen LogP contribution in [0, 0.1) is 0 Å². The first-order valence-corrected chi connectivity index (χ1v) is 7.83. The third kappa shape index (κ3) is 5.20. The summed E-state index contributed by atoms with van der Waals surface area (Å²) in [5, 5.41) is 22.7. The Balaban J connectivity index is 1.96. The molecule has 0 heterocycles. The number of rotatable bonds is 8. The molecule has 0 saturated heterocycles. The van der Waals surface area contributed by atoms with E-state index < -0.39 is 18.1 Å². The third-order valence-corrected chi connectivity index (χ3v) is 3.95. The predicted octanol–water partition coefficient (Wildman–Crippen LogP) is 2.78. The van der Waals surface area contributed by atoms with E-state index >= 15 is 0 Å². The summed E-state index contributed by atoms with van der Waals surface area (Å²) in [7, 11) is 0. The van der Waals surface area contributed by atoms with Gasteiger partial charge >= 0.3 is 5.97 Å². The minimum absolute atomic E-state index is 0.149. The summed E-state index contributed by atoms with van der Waals surface area (Å²) in [4.78, 5) is 11.5. The largest absolute Gasteiger partial charge is 0.480 e. The highest BCUT2D eigenvalue weighted by Crippen LogP contribution is 2.15. The van der Waals surface area contributed by atoms with E-state index in [1.165, 1.54) is 0 Å². The standard InChI is InChI=1S/C19H23NO3/c1-14(16-10-6-3-7-11-16)20-18(19(22)23)17(21)13-12-15-8-4-2-5-9-15/h2-11,14,17-18,20-21H,12-13H2,1H3,(H,22,23)/t14-,17+,18-/m0/s1. The summed E-state index contributed by atoms with van der Waals surface area (Å²) >= 11 is 0. The molecule has 122 valence electrons. The van der Waals surface area contributed by atoms with Crippen LogP contribution in [-0.4, -0.2) is 28.3 Å². The lowest BCUT2D eigenvalue weighted by molar-refractivity contribution is -0.143. The van der Waals surface area contributed by atoms with Crippen LogP contribution in [-0.2, 0) is 11.2 Å². The summed E-state index contributed by atoms with van der Waals surface area (Å²) in [6.07, 6.45) is 0.0988. The molecule has 0 unspecified atom stereocenters. The molecule has 3 atom stereocenters. The van der Waals surface area contributed by atoms with Crippen molar-refractivity contribution >= 4 is 5.97 Å². The van der Waals surface area contributed by atoms with Gasteiger partial charge in [0.15, 0.2) is 0 Å². The highest BCUT2D eigenvalue weighted by atomic mass is 16.4. The number of nitrogens with one attached hydrogen (secondary N) is 1. The van der Waals surface area contributed by atoms with Crippen LogP contribution in [0.1, 0.15) is 30.5 Å². The van der Waals surface area contributed by atoms with E-state index in [0.29, 0.717) is 12.8 Å². The van der Waals surface area contributed by atoms with Crippen LogP contribution in [0.25, 0.3) is 0 Å². The van der Waals surface area contributed by atoms with Crippen LogP contribution in [0.2, 0.25) is 0 Å². The van der Waals surface area contributed by atoms with Gasteiger partial charge in [-0.3, -0.25) is 10.1 Å². The number of hydrogen-bond donors (Lipinski definition) is 3. The predicted molar refractivity (Wildman–Crippen MR) is 90.2 cm³/mol. The van der Waals surface area contributed by atoms with Gasteiger partial charge in [0.1, 0.15) is 6.04 Å². The maximum Gasteiger partial charge on any atom is 0.323 e. The molecule has 4 heteroatoms. The number of benzene rings is 2. The van der Waals surface area contributed by atoms with Crippen LogP contribution in [0.15, 0.2) is 60.7 Å². The molecule has 2 aromatic rings. The van der Waals surface area contributed by atoms with Gasteiger partial charge in [0.25, 0.3) is 0 Å². The molecule has 0 radical (unpaired) electrons. The van der Waals surface area contributed by atoms with Gasteiger partial charge in [-0.1, -0.05) is 60.7 Å². The summed E-state index contributed by atoms with van der Waals surface area (Å²) in [6.45, 7) is 1.90. The van der Waals surface area contributed by atoms with Crippen molar-refractivity contribution in [2.24, 2.45) is 0 Å². The minimum atomic E-state index is -1.03. The molecule has 23 heavy (non-hydrogen) atoms. The number of aliphatic carboxylic acids is 1. The van der Waals surface area contributed by atoms with E-state index in [2.05, 4.69) is 5.32 Å². The van der Waals surface area contributed by atoms with Crippen LogP contribution in [0.4, 0.5) is 0 Å². The molecule has 0 aliphatic carbocycles. The Morgan fingerprint density at radius 3 is 2.17 bits per heavy atom. The molecule has 0 spiro atoms. The molecule has 3 N–H and O–H groups in total. The van der Waals surface area contributed by atoms with Gasteiger partial charge < -0.3 is 10.2 Å². The second-order valence-corrected chi connectivity index (χ2v) is 5.71. The molecule has 0 fully saturated rings. The molecule has 0 amide bonds. The minimum Gasteiger partial charge on any atom is -0.480 e. The number of carbonyl (C=O) groups is 1. The normalized spacial score (nSPS) is 14.9. The van der Waals surface area contributed by atoms with Crippen LogP contribution >= 0.6 is 0 Å².